The zero-order chi connectivity index (χ0) is 19.1. The number of nitrogens with zero attached hydrogens (tertiary/aromatic N) is 2. The van der Waals surface area contributed by atoms with Crippen LogP contribution in [0.1, 0.15) is 46.5 Å². The number of rotatable bonds is 9. The monoisotopic (exact) mass is 368 g/mol. The molecule has 2 aliphatic rings. The van der Waals surface area contributed by atoms with E-state index in [9.17, 15) is 9.59 Å². The van der Waals surface area contributed by atoms with E-state index in [0.717, 1.165) is 44.2 Å². The summed E-state index contributed by atoms with van der Waals surface area (Å²) in [5.41, 5.74) is 0. The molecule has 3 N–H and O–H groups in total. The third-order valence-electron chi connectivity index (χ3n) is 5.59. The van der Waals surface area contributed by atoms with Crippen LogP contribution in [0.25, 0.3) is 0 Å². The predicted molar refractivity (Wildman–Crippen MR) is 102 cm³/mol. The fourth-order valence-electron chi connectivity index (χ4n) is 4.39. The Morgan fingerprint density at radius 1 is 1.15 bits per heavy atom. The molecule has 1 aliphatic heterocycles. The molecule has 7 heteroatoms. The molecule has 2 amide bonds. The second-order valence-electron chi connectivity index (χ2n) is 8.24. The van der Waals surface area contributed by atoms with Crippen molar-refractivity contribution in [3.63, 3.8) is 0 Å². The molecule has 26 heavy (non-hydrogen) atoms. The quantitative estimate of drug-likeness (QED) is 0.538. The molecule has 0 aromatic rings. The largest absolute Gasteiger partial charge is 0.480 e. The van der Waals surface area contributed by atoms with Crippen molar-refractivity contribution in [2.24, 2.45) is 11.8 Å². The Labute approximate surface area is 157 Å². The molecule has 2 atom stereocenters. The van der Waals surface area contributed by atoms with Gasteiger partial charge in [0.15, 0.2) is 0 Å². The second-order valence-corrected chi connectivity index (χ2v) is 8.24. The standard InChI is InChI=1S/C19H36N4O3/c1-4-23(13-18(24)25)17-9-16(10-17)21-19(26)20-6-5-7-22-11-14(2)8-15(3)12-22/h14-17H,4-13H2,1-3H3,(H,24,25)(H2,20,21,26). The average Bonchev–Trinajstić information content (AvgIpc) is 2.51. The Balaban J connectivity index is 1.54. The third kappa shape index (κ3) is 6.76. The van der Waals surface area contributed by atoms with Gasteiger partial charge in [-0.3, -0.25) is 9.69 Å². The van der Waals surface area contributed by atoms with E-state index in [1.54, 1.807) is 0 Å². The lowest BCUT2D eigenvalue weighted by atomic mass is 9.85. The summed E-state index contributed by atoms with van der Waals surface area (Å²) in [7, 11) is 0. The third-order valence-corrected chi connectivity index (χ3v) is 5.59. The van der Waals surface area contributed by atoms with Gasteiger partial charge in [-0.1, -0.05) is 20.8 Å². The number of likely N-dealkylation sites (tertiary alicyclic amines) is 1. The fourth-order valence-corrected chi connectivity index (χ4v) is 4.39. The molecule has 150 valence electrons. The maximum atomic E-state index is 12.0. The molecule has 0 bridgehead atoms. The molecule has 0 aromatic heterocycles. The molecule has 0 aromatic carbocycles. The summed E-state index contributed by atoms with van der Waals surface area (Å²) in [6.07, 6.45) is 3.96. The number of nitrogens with one attached hydrogen (secondary N) is 2. The van der Waals surface area contributed by atoms with Crippen LogP contribution >= 0.6 is 0 Å². The van der Waals surface area contributed by atoms with Crippen molar-refractivity contribution in [3.8, 4) is 0 Å². The van der Waals surface area contributed by atoms with E-state index in [-0.39, 0.29) is 24.7 Å². The van der Waals surface area contributed by atoms with E-state index >= 15 is 0 Å². The van der Waals surface area contributed by atoms with Crippen molar-refractivity contribution in [2.45, 2.75) is 58.5 Å². The molecule has 1 aliphatic carbocycles. The topological polar surface area (TPSA) is 84.9 Å². The fraction of sp³-hybridized carbons (Fsp3) is 0.895. The average molecular weight is 369 g/mol. The minimum atomic E-state index is -0.793. The molecular weight excluding hydrogens is 332 g/mol. The van der Waals surface area contributed by atoms with E-state index in [1.807, 2.05) is 11.8 Å². The number of piperidine rings is 1. The van der Waals surface area contributed by atoms with Crippen molar-refractivity contribution < 1.29 is 14.7 Å². The Kier molecular flexibility index (Phi) is 8.15. The number of amides is 2. The van der Waals surface area contributed by atoms with Crippen molar-refractivity contribution in [3.05, 3.63) is 0 Å². The summed E-state index contributed by atoms with van der Waals surface area (Å²) in [4.78, 5) is 27.3. The number of carbonyl (C=O) groups is 2. The van der Waals surface area contributed by atoms with E-state index in [1.165, 1.54) is 19.5 Å². The first kappa shape index (κ1) is 21.0. The molecule has 2 fully saturated rings. The number of aliphatic carboxylic acids is 1. The van der Waals surface area contributed by atoms with E-state index in [4.69, 9.17) is 5.11 Å². The van der Waals surface area contributed by atoms with Crippen molar-refractivity contribution in [1.82, 2.24) is 20.4 Å². The highest BCUT2D eigenvalue weighted by Crippen LogP contribution is 2.25. The van der Waals surface area contributed by atoms with Crippen LogP contribution in [-0.4, -0.2) is 78.3 Å². The normalized spacial score (nSPS) is 29.2. The van der Waals surface area contributed by atoms with Crippen LogP contribution in [0.2, 0.25) is 0 Å². The van der Waals surface area contributed by atoms with Crippen LogP contribution in [0.5, 0.6) is 0 Å². The van der Waals surface area contributed by atoms with Gasteiger partial charge in [0.25, 0.3) is 0 Å². The van der Waals surface area contributed by atoms with Gasteiger partial charge in [0, 0.05) is 31.7 Å². The zero-order valence-corrected chi connectivity index (χ0v) is 16.5. The lowest BCUT2D eigenvalue weighted by Crippen LogP contribution is -2.56. The Morgan fingerprint density at radius 2 is 1.81 bits per heavy atom. The van der Waals surface area contributed by atoms with Gasteiger partial charge >= 0.3 is 12.0 Å². The van der Waals surface area contributed by atoms with Gasteiger partial charge < -0.3 is 20.6 Å². The summed E-state index contributed by atoms with van der Waals surface area (Å²) >= 11 is 0. The Bertz CT molecular complexity index is 458. The van der Waals surface area contributed by atoms with Gasteiger partial charge in [0.1, 0.15) is 0 Å². The van der Waals surface area contributed by atoms with Crippen LogP contribution in [0, 0.1) is 11.8 Å². The smallest absolute Gasteiger partial charge is 0.317 e. The SMILES string of the molecule is CCN(CC(=O)O)C1CC(NC(=O)NCCCN2CC(C)CC(C)C2)C1. The number of likely N-dealkylation sites (N-methyl/N-ethyl adjacent to an activating group) is 1. The molecule has 2 rings (SSSR count). The molecule has 2 unspecified atom stereocenters. The molecule has 1 saturated heterocycles. The van der Waals surface area contributed by atoms with Crippen molar-refractivity contribution in [2.75, 3.05) is 39.3 Å². The molecular formula is C19H36N4O3. The molecule has 1 heterocycles. The number of carboxylic acids is 1. The maximum absolute atomic E-state index is 12.0. The van der Waals surface area contributed by atoms with Crippen molar-refractivity contribution >= 4 is 12.0 Å². The minimum Gasteiger partial charge on any atom is -0.480 e. The van der Waals surface area contributed by atoms with Gasteiger partial charge in [0.2, 0.25) is 0 Å². The summed E-state index contributed by atoms with van der Waals surface area (Å²) in [6, 6.07) is 0.325. The van der Waals surface area contributed by atoms with Gasteiger partial charge in [-0.25, -0.2) is 4.79 Å². The van der Waals surface area contributed by atoms with Gasteiger partial charge in [-0.15, -0.1) is 0 Å². The van der Waals surface area contributed by atoms with Crippen LogP contribution in [0.15, 0.2) is 0 Å². The van der Waals surface area contributed by atoms with Gasteiger partial charge in [-0.2, -0.15) is 0 Å². The first-order valence-corrected chi connectivity index (χ1v) is 10.1. The highest BCUT2D eigenvalue weighted by molar-refractivity contribution is 5.74. The second kappa shape index (κ2) is 10.1. The Hall–Kier alpha value is -1.34. The number of carboxylic acid groups (broad SMARTS) is 1. The lowest BCUT2D eigenvalue weighted by molar-refractivity contribution is -0.139. The first-order chi connectivity index (χ1) is 12.4. The van der Waals surface area contributed by atoms with Crippen molar-refractivity contribution in [1.29, 1.82) is 0 Å². The summed E-state index contributed by atoms with van der Waals surface area (Å²) in [5.74, 6) is 0.745. The maximum Gasteiger partial charge on any atom is 0.317 e. The van der Waals surface area contributed by atoms with E-state index < -0.39 is 5.97 Å². The Morgan fingerprint density at radius 3 is 2.38 bits per heavy atom. The molecule has 1 saturated carbocycles. The van der Waals surface area contributed by atoms with Gasteiger partial charge in [0.05, 0.1) is 6.54 Å². The highest BCUT2D eigenvalue weighted by Gasteiger charge is 2.34. The first-order valence-electron chi connectivity index (χ1n) is 10.1. The summed E-state index contributed by atoms with van der Waals surface area (Å²) in [5, 5.41) is 14.9. The van der Waals surface area contributed by atoms with E-state index in [2.05, 4.69) is 29.4 Å². The molecule has 0 radical (unpaired) electrons. The van der Waals surface area contributed by atoms with Crippen LogP contribution in [-0.2, 0) is 4.79 Å². The summed E-state index contributed by atoms with van der Waals surface area (Å²) < 4.78 is 0. The number of urea groups is 1. The van der Waals surface area contributed by atoms with E-state index in [0.29, 0.717) is 6.54 Å². The highest BCUT2D eigenvalue weighted by atomic mass is 16.4. The zero-order valence-electron chi connectivity index (χ0n) is 16.5. The van der Waals surface area contributed by atoms with Crippen LogP contribution < -0.4 is 10.6 Å². The molecule has 0 spiro atoms. The van der Waals surface area contributed by atoms with Gasteiger partial charge in [-0.05, 0) is 50.6 Å². The number of hydrogen-bond acceptors (Lipinski definition) is 4. The summed E-state index contributed by atoms with van der Waals surface area (Å²) in [6.45, 7) is 11.5. The van der Waals surface area contributed by atoms with Crippen LogP contribution in [0.4, 0.5) is 4.79 Å². The lowest BCUT2D eigenvalue weighted by Gasteiger charge is -2.42. The minimum absolute atomic E-state index is 0.0772. The number of carbonyl (C=O) groups excluding carboxylic acids is 1. The predicted octanol–water partition coefficient (Wildman–Crippen LogP) is 1.59. The molecule has 7 nitrogen and oxygen atoms in total. The number of hydrogen-bond donors (Lipinski definition) is 3. The van der Waals surface area contributed by atoms with Crippen LogP contribution in [0.3, 0.4) is 0 Å².